The van der Waals surface area contributed by atoms with Gasteiger partial charge in [0.15, 0.2) is 53.5 Å². The number of amides is 5. The Bertz CT molecular complexity index is 4510. The van der Waals surface area contributed by atoms with Crippen LogP contribution in [0.1, 0.15) is 287 Å². The molecule has 780 valence electrons. The molecule has 1 heterocycles. The zero-order valence-corrected chi connectivity index (χ0v) is 86.8. The highest BCUT2D eigenvalue weighted by atomic mass is 19.1. The normalized spacial score (nSPS) is 17.9. The van der Waals surface area contributed by atoms with E-state index >= 15 is 0 Å². The second-order valence-electron chi connectivity index (χ2n) is 40.2. The van der Waals surface area contributed by atoms with Crippen LogP contribution in [0.25, 0.3) is 0 Å². The average Bonchev–Trinajstić information content (AvgIpc) is 0.819. The number of rotatable bonds is 45. The van der Waals surface area contributed by atoms with E-state index in [1.165, 1.54) is 188 Å². The molecule has 12 rings (SSSR count). The lowest BCUT2D eigenvalue weighted by atomic mass is 9.84. The van der Waals surface area contributed by atoms with E-state index in [1.54, 1.807) is 36.4 Å². The standard InChI is InChI=1S/C26H36N2O3.C22H35FN2O2.C22H36N2O5.C21H32N2O4.C21H34N2O3/c1-19(2)31-25(24(27)16-20-10-5-3-6-11-20)26(29)28-22-14-9-15-23(17-22)30-18-21-12-7-4-8-13-21;1-15(2)27-21(20(24)14-17-9-5-4-6-10-17)22(26)25-16(3)13-18-11-7-8-12-19(18)23;1-14(2)29-20(17(23)11-15-9-7-6-8-10-15)22(25)24-16-12-18(26-3)21(28-5)19(13-16)27-4;1-14(2)27-20(17(22)12-15-6-4-3-5-7-15)21(24)23-16-8-9-18-19(13-16)26-11-10-25-18;1-4-25-18-12-8-11-17(14-18)23-21(24)20(26-15(2)3)19(22)13-16-9-6-5-7-10-16/h4,7-9,12-15,17,19-20,24-25H,3,5-6,10-11,16,18,27H2,1-2H3,(H,28,29);7-8,11-12,15-17,20-21H,4-6,9-10,13-14,24H2,1-3H3,(H,25,26);12-15,17,20H,6-11,23H2,1-5H3,(H,24,25);8-9,13-15,17,20H,3-7,10-12,22H2,1-2H3,(H,23,24);8,11-12,14-16,19-20H,4-7,9-10,13,22H2,1-3H3,(H,23,24)/t24-,25?;16?,20-,21?;2*17-,20?;19-,20?/m11111/s1. The average molecular weight is 1950 g/mol. The summed E-state index contributed by atoms with van der Waals surface area (Å²) >= 11 is 0. The van der Waals surface area contributed by atoms with Gasteiger partial charge in [-0.1, -0.05) is 221 Å². The highest BCUT2D eigenvalue weighted by Crippen LogP contribution is 2.42. The number of nitrogens with two attached hydrogens (primary N) is 5. The highest BCUT2D eigenvalue weighted by Gasteiger charge is 2.37. The highest BCUT2D eigenvalue weighted by molar-refractivity contribution is 5.97. The van der Waals surface area contributed by atoms with Gasteiger partial charge >= 0.3 is 0 Å². The van der Waals surface area contributed by atoms with Crippen molar-refractivity contribution in [3.8, 4) is 40.2 Å². The van der Waals surface area contributed by atoms with Gasteiger partial charge in [-0.25, -0.2) is 4.39 Å². The molecule has 6 aromatic rings. The Labute approximate surface area is 835 Å². The first kappa shape index (κ1) is 116. The molecule has 0 bridgehead atoms. The number of hydrogen-bond donors (Lipinski definition) is 10. The van der Waals surface area contributed by atoms with Gasteiger partial charge in [0.05, 0.1) is 58.5 Å². The molecular weight excluding hydrogens is 1780 g/mol. The molecule has 5 aliphatic carbocycles. The fourth-order valence-electron chi connectivity index (χ4n) is 19.6. The van der Waals surface area contributed by atoms with Crippen LogP contribution in [0.3, 0.4) is 0 Å². The van der Waals surface area contributed by atoms with Gasteiger partial charge in [-0.05, 0) is 205 Å². The van der Waals surface area contributed by atoms with Crippen LogP contribution in [-0.4, -0.2) is 168 Å². The molecular formula is C112H173FN10O17. The molecule has 0 spiro atoms. The number of anilines is 4. The van der Waals surface area contributed by atoms with Gasteiger partial charge in [0.1, 0.15) is 37.1 Å². The van der Waals surface area contributed by atoms with Crippen LogP contribution in [0.2, 0.25) is 0 Å². The topological polar surface area (TPSA) is 386 Å². The van der Waals surface area contributed by atoms with Gasteiger partial charge in [-0.15, -0.1) is 0 Å². The molecule has 27 nitrogen and oxygen atoms in total. The van der Waals surface area contributed by atoms with E-state index in [9.17, 15) is 28.4 Å². The van der Waals surface area contributed by atoms with Crippen molar-refractivity contribution < 1.29 is 85.2 Å². The predicted octanol–water partition coefficient (Wildman–Crippen LogP) is 20.6. The number of benzene rings is 6. The van der Waals surface area contributed by atoms with Gasteiger partial charge in [0.2, 0.25) is 5.75 Å². The zero-order valence-electron chi connectivity index (χ0n) is 86.8. The third-order valence-corrected chi connectivity index (χ3v) is 26.4. The molecule has 1 aliphatic heterocycles. The maximum Gasteiger partial charge on any atom is 0.255 e. The summed E-state index contributed by atoms with van der Waals surface area (Å²) in [5.74, 6) is 5.81. The summed E-state index contributed by atoms with van der Waals surface area (Å²) in [6, 6.07) is 38.5. The largest absolute Gasteiger partial charge is 0.494 e. The third kappa shape index (κ3) is 42.0. The maximum atomic E-state index is 13.8. The molecule has 11 atom stereocenters. The number of fused-ring (bicyclic) bond motifs is 1. The molecule has 28 heteroatoms. The lowest BCUT2D eigenvalue weighted by molar-refractivity contribution is -0.138. The number of methoxy groups -OCH3 is 3. The van der Waals surface area contributed by atoms with Gasteiger partial charge in [0.25, 0.3) is 29.5 Å². The fraction of sp³-hybridized carbons (Fsp3) is 0.634. The molecule has 6 unspecified atom stereocenters. The molecule has 0 saturated heterocycles. The molecule has 5 fully saturated rings. The maximum absolute atomic E-state index is 13.8. The Balaban J connectivity index is 0.000000215. The number of nitrogens with one attached hydrogen (secondary N) is 5. The Morgan fingerprint density at radius 2 is 0.686 bits per heavy atom. The van der Waals surface area contributed by atoms with E-state index < -0.39 is 30.5 Å². The summed E-state index contributed by atoms with van der Waals surface area (Å²) in [4.78, 5) is 64.7. The van der Waals surface area contributed by atoms with Crippen molar-refractivity contribution in [3.05, 3.63) is 150 Å². The molecule has 0 aromatic heterocycles. The quantitative estimate of drug-likeness (QED) is 0.0170. The molecule has 6 aromatic carbocycles. The monoisotopic (exact) mass is 1950 g/mol. The fourth-order valence-corrected chi connectivity index (χ4v) is 19.6. The molecule has 5 saturated carbocycles. The molecule has 5 amide bonds. The first-order chi connectivity index (χ1) is 67.3. The summed E-state index contributed by atoms with van der Waals surface area (Å²) in [5.41, 5.74) is 36.5. The van der Waals surface area contributed by atoms with Gasteiger partial charge in [-0.3, -0.25) is 24.0 Å². The zero-order chi connectivity index (χ0) is 101. The Hall–Kier alpha value is -9.20. The first-order valence-electron chi connectivity index (χ1n) is 52.3. The van der Waals surface area contributed by atoms with Gasteiger partial charge in [-0.2, -0.15) is 0 Å². The smallest absolute Gasteiger partial charge is 0.255 e. The van der Waals surface area contributed by atoms with Crippen LogP contribution in [0.15, 0.2) is 133 Å². The van der Waals surface area contributed by atoms with Crippen LogP contribution >= 0.6 is 0 Å². The number of hydrogen-bond acceptors (Lipinski definition) is 22. The minimum atomic E-state index is -0.726. The summed E-state index contributed by atoms with van der Waals surface area (Å²) in [6.07, 6.45) is 31.8. The van der Waals surface area contributed by atoms with Crippen molar-refractivity contribution >= 4 is 52.3 Å². The van der Waals surface area contributed by atoms with Crippen molar-refractivity contribution in [2.24, 2.45) is 58.3 Å². The summed E-state index contributed by atoms with van der Waals surface area (Å²) in [7, 11) is 4.61. The van der Waals surface area contributed by atoms with Gasteiger partial charge in [0, 0.05) is 89.3 Å². The van der Waals surface area contributed by atoms with Gasteiger partial charge < -0.3 is 112 Å². The van der Waals surface area contributed by atoms with Crippen molar-refractivity contribution in [2.45, 2.75) is 386 Å². The van der Waals surface area contributed by atoms with Crippen molar-refractivity contribution in [1.82, 2.24) is 5.32 Å². The Morgan fingerprint density at radius 1 is 0.357 bits per heavy atom. The Kier molecular flexibility index (Phi) is 52.3. The number of ether oxygens (including phenoxy) is 12. The minimum absolute atomic E-state index is 0.0575. The van der Waals surface area contributed by atoms with Crippen LogP contribution < -0.4 is 88.4 Å². The third-order valence-electron chi connectivity index (χ3n) is 26.4. The summed E-state index contributed by atoms with van der Waals surface area (Å²) in [5, 5.41) is 14.7. The number of carbonyl (C=O) groups excluding carboxylic acids is 5. The van der Waals surface area contributed by atoms with Crippen molar-refractivity contribution in [2.75, 3.05) is 62.4 Å². The lowest BCUT2D eigenvalue weighted by Crippen LogP contribution is -2.52. The summed E-state index contributed by atoms with van der Waals surface area (Å²) < 4.78 is 82.0. The van der Waals surface area contributed by atoms with Crippen LogP contribution in [-0.2, 0) is 60.7 Å². The minimum Gasteiger partial charge on any atom is -0.494 e. The molecule has 140 heavy (non-hydrogen) atoms. The first-order valence-corrected chi connectivity index (χ1v) is 52.3. The molecule has 15 N–H and O–H groups in total. The SMILES string of the molecule is CC(C)OC(C(=O)Nc1ccc2c(c1)OCCO2)[C@H](N)CC1CCCCC1.CC(C)OC(C(=O)Nc1cccc(OCc2ccccc2)c1)[C@H](N)CC1CCCCC1.CC(Cc1ccccc1F)NC(=O)C(OC(C)C)[C@H](N)CC1CCCCC1.CCOc1cccc(NC(=O)C(OC(C)C)[C@H](N)CC2CCCCC2)c1.COc1cc(NC(=O)C(OC(C)C)[C@H](N)CC2CCCCC2)cc(OC)c1OC. The second-order valence-corrected chi connectivity index (χ2v) is 40.2. The van der Waals surface area contributed by atoms with E-state index in [-0.39, 0.29) is 102 Å². The number of halogens is 1. The van der Waals surface area contributed by atoms with E-state index in [4.69, 9.17) is 85.5 Å². The lowest BCUT2D eigenvalue weighted by Gasteiger charge is -2.30. The summed E-state index contributed by atoms with van der Waals surface area (Å²) in [6.45, 7) is 25.2. The molecule has 6 aliphatic rings. The van der Waals surface area contributed by atoms with Crippen molar-refractivity contribution in [3.63, 3.8) is 0 Å². The van der Waals surface area contributed by atoms with E-state index in [0.29, 0.717) is 125 Å². The number of carbonyl (C=O) groups is 5. The van der Waals surface area contributed by atoms with Crippen molar-refractivity contribution in [1.29, 1.82) is 0 Å². The molecule has 0 radical (unpaired) electrons. The van der Waals surface area contributed by atoms with Crippen LogP contribution in [0.5, 0.6) is 40.2 Å². The van der Waals surface area contributed by atoms with E-state index in [2.05, 4.69) is 26.6 Å². The Morgan fingerprint density at radius 3 is 1.03 bits per heavy atom. The van der Waals surface area contributed by atoms with E-state index in [0.717, 1.165) is 43.4 Å². The van der Waals surface area contributed by atoms with E-state index in [1.807, 2.05) is 174 Å². The van der Waals surface area contributed by atoms with Crippen LogP contribution in [0.4, 0.5) is 27.1 Å². The second kappa shape index (κ2) is 63.1. The predicted molar refractivity (Wildman–Crippen MR) is 556 cm³/mol. The van der Waals surface area contributed by atoms with Crippen LogP contribution in [0, 0.1) is 35.4 Å².